The van der Waals surface area contributed by atoms with Crippen molar-refractivity contribution in [1.82, 2.24) is 0 Å². The predicted octanol–water partition coefficient (Wildman–Crippen LogP) is 2.73. The molecule has 78 valence electrons. The molecule has 0 unspecified atom stereocenters. The van der Waals surface area contributed by atoms with Crippen LogP contribution in [-0.4, -0.2) is 6.54 Å². The lowest BCUT2D eigenvalue weighted by Crippen LogP contribution is -2.32. The Morgan fingerprint density at radius 1 is 1.14 bits per heavy atom. The number of hydrazine groups is 1. The van der Waals surface area contributed by atoms with E-state index >= 15 is 0 Å². The highest BCUT2D eigenvalue weighted by Gasteiger charge is 2.04. The number of nitrogens with two attached hydrogens (primary N) is 1. The molecule has 0 aromatic heterocycles. The zero-order valence-electron chi connectivity index (χ0n) is 9.16. The van der Waals surface area contributed by atoms with E-state index in [0.29, 0.717) is 0 Å². The average molecular weight is 192 g/mol. The molecule has 0 radical (unpaired) electrons. The fourth-order valence-corrected chi connectivity index (χ4v) is 1.63. The second-order valence-corrected chi connectivity index (χ2v) is 3.57. The molecular formula is C12H20N2. The van der Waals surface area contributed by atoms with Crippen LogP contribution in [0.5, 0.6) is 0 Å². The molecule has 0 aliphatic carbocycles. The third kappa shape index (κ3) is 2.74. The molecule has 2 nitrogen and oxygen atoms in total. The zero-order chi connectivity index (χ0) is 10.4. The summed E-state index contributed by atoms with van der Waals surface area (Å²) in [6.45, 7) is 5.25. The fourth-order valence-electron chi connectivity index (χ4n) is 1.63. The maximum Gasteiger partial charge on any atom is 0.0549 e. The van der Waals surface area contributed by atoms with Gasteiger partial charge in [-0.15, -0.1) is 0 Å². The monoisotopic (exact) mass is 192 g/mol. The summed E-state index contributed by atoms with van der Waals surface area (Å²) in [6.07, 6.45) is 3.35. The maximum atomic E-state index is 5.97. The Kier molecular flexibility index (Phi) is 4.47. The molecule has 1 rings (SSSR count). The van der Waals surface area contributed by atoms with Gasteiger partial charge in [-0.2, -0.15) is 0 Å². The summed E-state index contributed by atoms with van der Waals surface area (Å²) in [5, 5.41) is 1.85. The summed E-state index contributed by atoms with van der Waals surface area (Å²) < 4.78 is 0. The zero-order valence-corrected chi connectivity index (χ0v) is 9.16. The van der Waals surface area contributed by atoms with Gasteiger partial charge in [-0.05, 0) is 24.5 Å². The Morgan fingerprint density at radius 3 is 2.50 bits per heavy atom. The third-order valence-electron chi connectivity index (χ3n) is 2.28. The quantitative estimate of drug-likeness (QED) is 0.574. The number of rotatable bonds is 5. The van der Waals surface area contributed by atoms with Crippen molar-refractivity contribution in [2.45, 2.75) is 33.1 Å². The minimum absolute atomic E-state index is 0.917. The van der Waals surface area contributed by atoms with E-state index in [1.165, 1.54) is 11.3 Å². The van der Waals surface area contributed by atoms with Crippen molar-refractivity contribution in [2.75, 3.05) is 11.6 Å². The normalized spacial score (nSPS) is 10.2. The number of hydrogen-bond acceptors (Lipinski definition) is 2. The van der Waals surface area contributed by atoms with Crippen molar-refractivity contribution < 1.29 is 0 Å². The van der Waals surface area contributed by atoms with Crippen LogP contribution >= 0.6 is 0 Å². The van der Waals surface area contributed by atoms with Gasteiger partial charge in [-0.3, -0.25) is 0 Å². The van der Waals surface area contributed by atoms with Gasteiger partial charge in [0.2, 0.25) is 0 Å². The second-order valence-electron chi connectivity index (χ2n) is 3.57. The molecule has 0 amide bonds. The van der Waals surface area contributed by atoms with Gasteiger partial charge in [-0.1, -0.05) is 38.5 Å². The number of para-hydroxylation sites is 1. The first-order valence-corrected chi connectivity index (χ1v) is 5.39. The number of nitrogens with zero attached hydrogens (tertiary/aromatic N) is 1. The van der Waals surface area contributed by atoms with E-state index in [2.05, 4.69) is 32.0 Å². The van der Waals surface area contributed by atoms with E-state index < -0.39 is 0 Å². The first-order valence-electron chi connectivity index (χ1n) is 5.39. The third-order valence-corrected chi connectivity index (χ3v) is 2.28. The Balaban J connectivity index is 2.82. The fraction of sp³-hybridized carbons (Fsp3) is 0.500. The molecular weight excluding hydrogens is 172 g/mol. The summed E-state index contributed by atoms with van der Waals surface area (Å²) in [7, 11) is 0. The SMILES string of the molecule is CCCc1ccccc1N(N)CCC. The van der Waals surface area contributed by atoms with E-state index in [4.69, 9.17) is 5.84 Å². The number of anilines is 1. The summed E-state index contributed by atoms with van der Waals surface area (Å²) in [5.74, 6) is 5.97. The first-order chi connectivity index (χ1) is 6.79. The molecule has 1 aromatic carbocycles. The van der Waals surface area contributed by atoms with Gasteiger partial charge in [-0.25, -0.2) is 5.84 Å². The van der Waals surface area contributed by atoms with E-state index in [0.717, 1.165) is 25.8 Å². The van der Waals surface area contributed by atoms with Gasteiger partial charge in [0, 0.05) is 6.54 Å². The largest absolute Gasteiger partial charge is 0.311 e. The second kappa shape index (κ2) is 5.66. The van der Waals surface area contributed by atoms with E-state index in [-0.39, 0.29) is 0 Å². The van der Waals surface area contributed by atoms with Gasteiger partial charge in [0.25, 0.3) is 0 Å². The summed E-state index contributed by atoms with van der Waals surface area (Å²) in [4.78, 5) is 0. The molecule has 1 aromatic rings. The van der Waals surface area contributed by atoms with Crippen LogP contribution in [0.25, 0.3) is 0 Å². The highest BCUT2D eigenvalue weighted by Crippen LogP contribution is 2.19. The molecule has 0 aliphatic rings. The van der Waals surface area contributed by atoms with Gasteiger partial charge in [0.15, 0.2) is 0 Å². The molecule has 14 heavy (non-hydrogen) atoms. The molecule has 0 spiro atoms. The Labute approximate surface area is 86.7 Å². The van der Waals surface area contributed by atoms with Crippen LogP contribution in [0.1, 0.15) is 32.3 Å². The molecule has 0 fully saturated rings. The highest BCUT2D eigenvalue weighted by atomic mass is 15.4. The molecule has 0 aliphatic heterocycles. The van der Waals surface area contributed by atoms with E-state index in [1.807, 2.05) is 11.1 Å². The van der Waals surface area contributed by atoms with Gasteiger partial charge in [0.05, 0.1) is 5.69 Å². The summed E-state index contributed by atoms with van der Waals surface area (Å²) in [6, 6.07) is 8.38. The highest BCUT2D eigenvalue weighted by molar-refractivity contribution is 5.52. The van der Waals surface area contributed by atoms with Crippen molar-refractivity contribution in [3.05, 3.63) is 29.8 Å². The Hall–Kier alpha value is -1.02. The lowest BCUT2D eigenvalue weighted by molar-refractivity contribution is 0.793. The van der Waals surface area contributed by atoms with Crippen LogP contribution in [0.4, 0.5) is 5.69 Å². The molecule has 0 saturated heterocycles. The summed E-state index contributed by atoms with van der Waals surface area (Å²) >= 11 is 0. The van der Waals surface area contributed by atoms with Crippen LogP contribution in [-0.2, 0) is 6.42 Å². The van der Waals surface area contributed by atoms with E-state index in [1.54, 1.807) is 0 Å². The van der Waals surface area contributed by atoms with Crippen molar-refractivity contribution in [3.63, 3.8) is 0 Å². The number of aryl methyl sites for hydroxylation is 1. The smallest absolute Gasteiger partial charge is 0.0549 e. The number of hydrogen-bond donors (Lipinski definition) is 1. The summed E-state index contributed by atoms with van der Waals surface area (Å²) in [5.41, 5.74) is 2.53. The van der Waals surface area contributed by atoms with Crippen LogP contribution in [0, 0.1) is 0 Å². The standard InChI is InChI=1S/C12H20N2/c1-3-7-11-8-5-6-9-12(11)14(13)10-4-2/h5-6,8-9H,3-4,7,10,13H2,1-2H3. The van der Waals surface area contributed by atoms with Crippen molar-refractivity contribution in [2.24, 2.45) is 5.84 Å². The molecule has 2 heteroatoms. The van der Waals surface area contributed by atoms with Crippen LogP contribution in [0.2, 0.25) is 0 Å². The van der Waals surface area contributed by atoms with Crippen molar-refractivity contribution >= 4 is 5.69 Å². The van der Waals surface area contributed by atoms with Gasteiger partial charge < -0.3 is 5.01 Å². The van der Waals surface area contributed by atoms with Crippen molar-refractivity contribution in [3.8, 4) is 0 Å². The topological polar surface area (TPSA) is 29.3 Å². The first kappa shape index (κ1) is 11.1. The minimum Gasteiger partial charge on any atom is -0.311 e. The molecule has 2 N–H and O–H groups in total. The molecule has 0 bridgehead atoms. The minimum atomic E-state index is 0.917. The van der Waals surface area contributed by atoms with Gasteiger partial charge in [0.1, 0.15) is 0 Å². The molecule has 0 saturated carbocycles. The number of benzene rings is 1. The Morgan fingerprint density at radius 2 is 1.86 bits per heavy atom. The molecule has 0 heterocycles. The lowest BCUT2D eigenvalue weighted by atomic mass is 10.1. The van der Waals surface area contributed by atoms with Crippen LogP contribution < -0.4 is 10.9 Å². The van der Waals surface area contributed by atoms with Gasteiger partial charge >= 0.3 is 0 Å². The lowest BCUT2D eigenvalue weighted by Gasteiger charge is -2.20. The van der Waals surface area contributed by atoms with E-state index in [9.17, 15) is 0 Å². The molecule has 0 atom stereocenters. The van der Waals surface area contributed by atoms with Crippen molar-refractivity contribution in [1.29, 1.82) is 0 Å². The maximum absolute atomic E-state index is 5.97. The Bertz CT molecular complexity index is 271. The average Bonchev–Trinajstić information content (AvgIpc) is 2.19. The van der Waals surface area contributed by atoms with Crippen LogP contribution in [0.15, 0.2) is 24.3 Å². The van der Waals surface area contributed by atoms with Crippen LogP contribution in [0.3, 0.4) is 0 Å². The predicted molar refractivity (Wildman–Crippen MR) is 62.3 cm³/mol.